The molecular formula is C19H24BF. The van der Waals surface area contributed by atoms with E-state index in [4.69, 9.17) is 0 Å². The number of rotatable bonds is 2. The first kappa shape index (κ1) is 15.8. The van der Waals surface area contributed by atoms with Crippen molar-refractivity contribution in [2.24, 2.45) is 0 Å². The van der Waals surface area contributed by atoms with Gasteiger partial charge in [-0.05, 0) is 58.9 Å². The third kappa shape index (κ3) is 3.20. The number of aryl methyl sites for hydroxylation is 3. The van der Waals surface area contributed by atoms with Crippen LogP contribution in [0.15, 0.2) is 46.5 Å². The lowest BCUT2D eigenvalue weighted by Gasteiger charge is -2.17. The van der Waals surface area contributed by atoms with Crippen LogP contribution in [0.4, 0.5) is 4.32 Å². The highest BCUT2D eigenvalue weighted by Crippen LogP contribution is 2.26. The molecule has 21 heavy (non-hydrogen) atoms. The van der Waals surface area contributed by atoms with Crippen LogP contribution in [0.1, 0.15) is 43.9 Å². The zero-order chi connectivity index (χ0) is 15.7. The first-order valence-corrected chi connectivity index (χ1v) is 7.58. The molecule has 1 aliphatic rings. The van der Waals surface area contributed by atoms with E-state index < -0.39 is 6.99 Å². The fourth-order valence-corrected chi connectivity index (χ4v) is 3.38. The van der Waals surface area contributed by atoms with Crippen molar-refractivity contribution in [1.82, 2.24) is 0 Å². The summed E-state index contributed by atoms with van der Waals surface area (Å²) in [5.74, 6) is 0. The minimum Gasteiger partial charge on any atom is -0.322 e. The first-order chi connectivity index (χ1) is 9.81. The van der Waals surface area contributed by atoms with E-state index in [9.17, 15) is 0 Å². The Morgan fingerprint density at radius 2 is 1.52 bits per heavy atom. The standard InChI is InChI=1S/C19H24BF/c1-12-7-8-14(3)18(15(4)9-12)20(21)19-16(5)10-13(2)11-17(19)6/h8-11H,7H2,1-6H3. The molecule has 0 atom stereocenters. The Hall–Kier alpha value is -1.57. The van der Waals surface area contributed by atoms with Crippen LogP contribution < -0.4 is 5.46 Å². The maximum absolute atomic E-state index is 15.4. The Labute approximate surface area is 128 Å². The van der Waals surface area contributed by atoms with Gasteiger partial charge in [0.15, 0.2) is 0 Å². The highest BCUT2D eigenvalue weighted by atomic mass is 19.1. The van der Waals surface area contributed by atoms with Crippen molar-refractivity contribution in [3.63, 3.8) is 0 Å². The van der Waals surface area contributed by atoms with Crippen molar-refractivity contribution >= 4 is 12.5 Å². The fourth-order valence-electron chi connectivity index (χ4n) is 3.38. The summed E-state index contributed by atoms with van der Waals surface area (Å²) < 4.78 is 15.4. The van der Waals surface area contributed by atoms with E-state index in [2.05, 4.69) is 38.1 Å². The van der Waals surface area contributed by atoms with Gasteiger partial charge in [0.1, 0.15) is 0 Å². The minimum absolute atomic E-state index is 0.829. The maximum atomic E-state index is 15.4. The second-order valence-corrected chi connectivity index (χ2v) is 6.35. The Morgan fingerprint density at radius 1 is 0.952 bits per heavy atom. The summed E-state index contributed by atoms with van der Waals surface area (Å²) in [6, 6.07) is 4.14. The van der Waals surface area contributed by atoms with Crippen LogP contribution in [-0.2, 0) is 0 Å². The van der Waals surface area contributed by atoms with Crippen LogP contribution in [0, 0.1) is 20.8 Å². The molecule has 0 fully saturated rings. The van der Waals surface area contributed by atoms with Crippen LogP contribution in [0.5, 0.6) is 0 Å². The molecule has 2 rings (SSSR count). The van der Waals surface area contributed by atoms with E-state index in [0.717, 1.165) is 39.6 Å². The maximum Gasteiger partial charge on any atom is 0.414 e. The summed E-state index contributed by atoms with van der Waals surface area (Å²) in [5, 5.41) is 0. The van der Waals surface area contributed by atoms with Crippen molar-refractivity contribution in [3.8, 4) is 0 Å². The van der Waals surface area contributed by atoms with Gasteiger partial charge in [-0.15, -0.1) is 0 Å². The van der Waals surface area contributed by atoms with Crippen LogP contribution >= 0.6 is 0 Å². The van der Waals surface area contributed by atoms with Crippen molar-refractivity contribution in [3.05, 3.63) is 63.2 Å². The van der Waals surface area contributed by atoms with E-state index in [1.807, 2.05) is 27.7 Å². The molecule has 110 valence electrons. The number of halogens is 1. The van der Waals surface area contributed by atoms with Crippen molar-refractivity contribution in [2.75, 3.05) is 0 Å². The monoisotopic (exact) mass is 282 g/mol. The summed E-state index contributed by atoms with van der Waals surface area (Å²) in [7, 11) is 0. The normalized spacial score (nSPS) is 15.6. The van der Waals surface area contributed by atoms with Gasteiger partial charge in [0.2, 0.25) is 0 Å². The molecule has 0 aromatic heterocycles. The largest absolute Gasteiger partial charge is 0.414 e. The Bertz CT molecular complexity index is 639. The van der Waals surface area contributed by atoms with Gasteiger partial charge < -0.3 is 4.32 Å². The first-order valence-electron chi connectivity index (χ1n) is 7.58. The predicted molar refractivity (Wildman–Crippen MR) is 92.0 cm³/mol. The average Bonchev–Trinajstić information content (AvgIpc) is 2.46. The number of benzene rings is 1. The van der Waals surface area contributed by atoms with E-state index in [1.165, 1.54) is 11.1 Å². The van der Waals surface area contributed by atoms with Gasteiger partial charge in [0.25, 0.3) is 0 Å². The Kier molecular flexibility index (Phi) is 4.56. The molecule has 2 heteroatoms. The number of allylic oxidation sites excluding steroid dienone is 6. The smallest absolute Gasteiger partial charge is 0.322 e. The molecule has 0 radical (unpaired) electrons. The Morgan fingerprint density at radius 3 is 2.10 bits per heavy atom. The highest BCUT2D eigenvalue weighted by molar-refractivity contribution is 6.75. The fraction of sp³-hybridized carbons (Fsp3) is 0.368. The second kappa shape index (κ2) is 6.05. The quantitative estimate of drug-likeness (QED) is 0.674. The summed E-state index contributed by atoms with van der Waals surface area (Å²) in [6.07, 6.45) is 5.17. The number of hydrogen-bond acceptors (Lipinski definition) is 0. The third-order valence-electron chi connectivity index (χ3n) is 4.29. The highest BCUT2D eigenvalue weighted by Gasteiger charge is 2.29. The van der Waals surface area contributed by atoms with Crippen molar-refractivity contribution in [1.29, 1.82) is 0 Å². The van der Waals surface area contributed by atoms with Crippen LogP contribution in [0.3, 0.4) is 0 Å². The van der Waals surface area contributed by atoms with Crippen LogP contribution in [0.25, 0.3) is 0 Å². The molecule has 0 N–H and O–H groups in total. The summed E-state index contributed by atoms with van der Waals surface area (Å²) in [4.78, 5) is 0. The molecule has 0 unspecified atom stereocenters. The molecule has 0 heterocycles. The topological polar surface area (TPSA) is 0 Å². The second-order valence-electron chi connectivity index (χ2n) is 6.35. The van der Waals surface area contributed by atoms with Gasteiger partial charge >= 0.3 is 6.99 Å². The SMILES string of the molecule is CC1=CC(C)=C(B(F)c2c(C)cc(C)cc2C)C(C)=CC1. The Balaban J connectivity index is 2.58. The molecule has 0 nitrogen and oxygen atoms in total. The zero-order valence-corrected chi connectivity index (χ0v) is 14.0. The lowest BCUT2D eigenvalue weighted by molar-refractivity contribution is 0.854. The molecule has 1 aliphatic carbocycles. The van der Waals surface area contributed by atoms with Crippen LogP contribution in [0.2, 0.25) is 0 Å². The van der Waals surface area contributed by atoms with Gasteiger partial charge in [0, 0.05) is 0 Å². The van der Waals surface area contributed by atoms with Gasteiger partial charge in [-0.2, -0.15) is 0 Å². The van der Waals surface area contributed by atoms with Gasteiger partial charge in [0.05, 0.1) is 0 Å². The van der Waals surface area contributed by atoms with Gasteiger partial charge in [-0.3, -0.25) is 0 Å². The molecule has 0 aliphatic heterocycles. The summed E-state index contributed by atoms with van der Waals surface area (Å²) in [5.41, 5.74) is 8.33. The molecule has 0 saturated carbocycles. The molecule has 0 saturated heterocycles. The predicted octanol–water partition coefficient (Wildman–Crippen LogP) is 4.93. The molecule has 0 amide bonds. The zero-order valence-electron chi connectivity index (χ0n) is 14.0. The molecule has 1 aromatic rings. The average molecular weight is 282 g/mol. The van der Waals surface area contributed by atoms with Crippen LogP contribution in [-0.4, -0.2) is 6.99 Å². The van der Waals surface area contributed by atoms with E-state index in [0.29, 0.717) is 0 Å². The summed E-state index contributed by atoms with van der Waals surface area (Å²) in [6.45, 7) is 11.2. The van der Waals surface area contributed by atoms with Crippen molar-refractivity contribution < 1.29 is 4.32 Å². The molecule has 0 spiro atoms. The van der Waals surface area contributed by atoms with E-state index in [1.54, 1.807) is 0 Å². The van der Waals surface area contributed by atoms with Gasteiger partial charge in [-0.1, -0.05) is 57.7 Å². The van der Waals surface area contributed by atoms with E-state index in [-0.39, 0.29) is 0 Å². The lowest BCUT2D eigenvalue weighted by Crippen LogP contribution is -2.34. The summed E-state index contributed by atoms with van der Waals surface area (Å²) >= 11 is 0. The lowest BCUT2D eigenvalue weighted by atomic mass is 9.52. The minimum atomic E-state index is -1.05. The molecule has 0 bridgehead atoms. The van der Waals surface area contributed by atoms with Gasteiger partial charge in [-0.25, -0.2) is 0 Å². The molecule has 1 aromatic carbocycles. The van der Waals surface area contributed by atoms with Crippen molar-refractivity contribution in [2.45, 2.75) is 48.0 Å². The number of hydrogen-bond donors (Lipinski definition) is 0. The third-order valence-corrected chi connectivity index (χ3v) is 4.29. The molecular weight excluding hydrogens is 258 g/mol. The van der Waals surface area contributed by atoms with E-state index >= 15 is 4.32 Å².